The first kappa shape index (κ1) is 68.8. The third-order valence-corrected chi connectivity index (χ3v) is 17.7. The summed E-state index contributed by atoms with van der Waals surface area (Å²) in [6, 6.07) is 22.3. The molecule has 2 aromatic heterocycles. The van der Waals surface area contributed by atoms with Crippen molar-refractivity contribution in [2.75, 3.05) is 21.3 Å². The quantitative estimate of drug-likeness (QED) is 0.0217. The topological polar surface area (TPSA) is 158 Å². The molecule has 2 amide bonds. The van der Waals surface area contributed by atoms with Gasteiger partial charge in [-0.1, -0.05) is 265 Å². The number of aromatic amines is 2. The predicted octanol–water partition coefficient (Wildman–Crippen LogP) is 22.5. The molecule has 21 heteroatoms. The third kappa shape index (κ3) is 19.4. The second-order valence-electron chi connectivity index (χ2n) is 21.8. The molecule has 0 aliphatic heterocycles. The van der Waals surface area contributed by atoms with E-state index < -0.39 is 17.0 Å². The molecule has 0 atom stereocenters. The van der Waals surface area contributed by atoms with E-state index in [1.807, 2.05) is 0 Å². The van der Waals surface area contributed by atoms with E-state index in [2.05, 4.69) is 45.3 Å². The highest BCUT2D eigenvalue weighted by Gasteiger charge is 2.36. The molecule has 7 rings (SSSR count). The fourth-order valence-corrected chi connectivity index (χ4v) is 13.2. The van der Waals surface area contributed by atoms with Crippen molar-refractivity contribution in [3.8, 4) is 11.4 Å². The van der Waals surface area contributed by atoms with Gasteiger partial charge >= 0.3 is 0 Å². The summed E-state index contributed by atoms with van der Waals surface area (Å²) >= 11 is 61.5. The van der Waals surface area contributed by atoms with E-state index in [1.54, 1.807) is 60.7 Å². The normalized spacial score (nSPS) is 11.4. The maximum atomic E-state index is 15.8. The van der Waals surface area contributed by atoms with Crippen LogP contribution in [0, 0.1) is 0 Å². The number of carbonyl (C=O) groups excluding carboxylic acids is 2. The molecule has 0 radical (unpaired) electrons. The summed E-state index contributed by atoms with van der Waals surface area (Å²) in [5, 5.41) is 20.0. The summed E-state index contributed by atoms with van der Waals surface area (Å²) in [4.78, 5) is 58.3. The highest BCUT2D eigenvalue weighted by atomic mass is 35.5. The minimum atomic E-state index is -1.40. The van der Waals surface area contributed by atoms with Gasteiger partial charge in [0, 0.05) is 39.3 Å². The van der Waals surface area contributed by atoms with Gasteiger partial charge in [0.1, 0.15) is 23.0 Å². The Bertz CT molecular complexity index is 3270. The number of rotatable bonds is 35. The molecule has 0 spiro atoms. The average Bonchev–Trinajstić information content (AvgIpc) is 1.81. The largest absolute Gasteiger partial charge is 0.339 e. The number of nitrogens with zero attached hydrogens (tertiary/aromatic N) is 2. The smallest absolute Gasteiger partial charge is 0.277 e. The highest BCUT2D eigenvalue weighted by molar-refractivity contribution is 6.41. The number of carbonyl (C=O) groups is 2. The molecule has 0 aliphatic rings. The molecule has 0 aliphatic carbocycles. The molecule has 2 heterocycles. The summed E-state index contributed by atoms with van der Waals surface area (Å²) < 4.78 is 2.25. The molecule has 86 heavy (non-hydrogen) atoms. The van der Waals surface area contributed by atoms with Crippen molar-refractivity contribution >= 4 is 151 Å². The van der Waals surface area contributed by atoms with E-state index in [0.29, 0.717) is 24.2 Å². The second kappa shape index (κ2) is 34.9. The minimum Gasteiger partial charge on any atom is -0.339 e. The van der Waals surface area contributed by atoms with Gasteiger partial charge in [0.15, 0.2) is 0 Å². The Morgan fingerprint density at radius 2 is 0.756 bits per heavy atom. The van der Waals surface area contributed by atoms with Gasteiger partial charge in [0.2, 0.25) is 11.8 Å². The Balaban J connectivity index is 1.26. The van der Waals surface area contributed by atoms with Crippen LogP contribution < -0.4 is 32.4 Å². The zero-order valence-corrected chi connectivity index (χ0v) is 55.4. The summed E-state index contributed by atoms with van der Waals surface area (Å²) in [6.07, 6.45) is 26.1. The Morgan fingerprint density at radius 3 is 1.10 bits per heavy atom. The van der Waals surface area contributed by atoms with E-state index in [1.165, 1.54) is 114 Å². The summed E-state index contributed by atoms with van der Waals surface area (Å²) in [5.41, 5.74) is 0.0880. The Hall–Kier alpha value is -4.73. The lowest BCUT2D eigenvalue weighted by Gasteiger charge is -2.20. The number of anilines is 6. The number of hydrogen-bond donors (Lipinski definition) is 6. The summed E-state index contributed by atoms with van der Waals surface area (Å²) in [6.45, 7) is 4.45. The van der Waals surface area contributed by atoms with Crippen LogP contribution in [-0.4, -0.2) is 31.4 Å². The molecule has 462 valence electrons. The molecule has 12 nitrogen and oxygen atoms in total. The van der Waals surface area contributed by atoms with E-state index >= 15 is 9.59 Å². The fourth-order valence-electron chi connectivity index (χ4n) is 10.6. The summed E-state index contributed by atoms with van der Waals surface area (Å²) in [5.74, 6) is -1.72. The van der Waals surface area contributed by atoms with Gasteiger partial charge in [-0.3, -0.25) is 29.4 Å². The van der Waals surface area contributed by atoms with Gasteiger partial charge in [-0.15, -0.1) is 0 Å². The zero-order chi connectivity index (χ0) is 61.7. The summed E-state index contributed by atoms with van der Waals surface area (Å²) in [7, 11) is 0. The highest BCUT2D eigenvalue weighted by Crippen LogP contribution is 2.44. The number of aromatic nitrogens is 4. The van der Waals surface area contributed by atoms with Crippen LogP contribution >= 0.6 is 104 Å². The predicted molar refractivity (Wildman–Crippen MR) is 364 cm³/mol. The molecule has 0 saturated heterocycles. The number of halogens is 9. The molecule has 0 bridgehead atoms. The average molecular weight is 1350 g/mol. The van der Waals surface area contributed by atoms with E-state index in [0.717, 1.165) is 60.7 Å². The van der Waals surface area contributed by atoms with Crippen LogP contribution in [0.3, 0.4) is 0 Å². The molecule has 5 aromatic carbocycles. The maximum Gasteiger partial charge on any atom is 0.277 e. The lowest BCUT2D eigenvalue weighted by molar-refractivity contribution is -0.117. The zero-order valence-electron chi connectivity index (χ0n) is 48.6. The standard InChI is InChI=1S/C65H75Cl9N8O4/c1-3-5-7-9-11-13-15-17-19-21-23-29-55(83)75-43-31-33-47(69)53(39-43)77-62-58(64(85)81(79-62)60-49(71)35-41(66)36-50(60)72)57(45-27-25-26-28-46(45)68)59-63(80-82(65(59)86)61-51(73)37-42(67)38-52(61)74)78-54-40-44(32-34-48(54)70)76-56(84)30-24-22-20-18-16-14-12-10-8-6-4-2/h25-28,31-40,57,77-80H,3-24,29-30H2,1-2H3,(H,75,83)(H,76,84). The molecular formula is C65H75Cl9N8O4. The molecule has 0 fully saturated rings. The monoisotopic (exact) mass is 1350 g/mol. The van der Waals surface area contributed by atoms with Gasteiger partial charge in [0.25, 0.3) is 11.1 Å². The molecule has 0 unspecified atom stereocenters. The first-order valence-electron chi connectivity index (χ1n) is 30.0. The molecule has 0 saturated carbocycles. The van der Waals surface area contributed by atoms with Crippen LogP contribution in [0.25, 0.3) is 11.4 Å². The van der Waals surface area contributed by atoms with Crippen molar-refractivity contribution in [3.05, 3.63) is 168 Å². The minimum absolute atomic E-state index is 0.00884. The molecular weight excluding hydrogens is 1280 g/mol. The first-order valence-corrected chi connectivity index (χ1v) is 33.4. The number of hydrogen-bond acceptors (Lipinski definition) is 6. The number of benzene rings is 5. The van der Waals surface area contributed by atoms with Gasteiger partial charge in [-0.2, -0.15) is 0 Å². The van der Waals surface area contributed by atoms with Crippen LogP contribution in [-0.2, 0) is 9.59 Å². The Kier molecular flexibility index (Phi) is 27.9. The third-order valence-electron chi connectivity index (χ3n) is 15.1. The van der Waals surface area contributed by atoms with Crippen LogP contribution in [0.15, 0.2) is 94.5 Å². The lowest BCUT2D eigenvalue weighted by Crippen LogP contribution is -2.26. The second-order valence-corrected chi connectivity index (χ2v) is 25.5. The van der Waals surface area contributed by atoms with Crippen molar-refractivity contribution in [3.63, 3.8) is 0 Å². The van der Waals surface area contributed by atoms with E-state index in [9.17, 15) is 9.59 Å². The van der Waals surface area contributed by atoms with Crippen LogP contribution in [0.1, 0.15) is 191 Å². The number of unbranched alkanes of at least 4 members (excludes halogenated alkanes) is 20. The first-order chi connectivity index (χ1) is 41.5. The Morgan fingerprint density at radius 1 is 0.419 bits per heavy atom. The number of H-pyrrole nitrogens is 2. The van der Waals surface area contributed by atoms with Gasteiger partial charge in [-0.05, 0) is 85.1 Å². The van der Waals surface area contributed by atoms with Gasteiger partial charge in [-0.25, -0.2) is 9.36 Å². The fraction of sp³-hybridized carbons (Fsp3) is 0.415. The van der Waals surface area contributed by atoms with Gasteiger partial charge < -0.3 is 21.3 Å². The van der Waals surface area contributed by atoms with Gasteiger partial charge in [0.05, 0.1) is 58.6 Å². The van der Waals surface area contributed by atoms with Crippen molar-refractivity contribution in [2.45, 2.75) is 174 Å². The lowest BCUT2D eigenvalue weighted by atomic mass is 9.86. The van der Waals surface area contributed by atoms with Crippen molar-refractivity contribution in [1.29, 1.82) is 0 Å². The van der Waals surface area contributed by atoms with Crippen LogP contribution in [0.4, 0.5) is 34.4 Å². The van der Waals surface area contributed by atoms with Crippen molar-refractivity contribution in [2.24, 2.45) is 0 Å². The number of amides is 2. The van der Waals surface area contributed by atoms with E-state index in [-0.39, 0.29) is 108 Å². The Labute approximate surface area is 549 Å². The van der Waals surface area contributed by atoms with Crippen molar-refractivity contribution in [1.82, 2.24) is 19.6 Å². The van der Waals surface area contributed by atoms with Crippen LogP contribution in [0.2, 0.25) is 45.2 Å². The maximum absolute atomic E-state index is 15.8. The SMILES string of the molecule is CCCCCCCCCCCCCC(=O)Nc1ccc(Cl)c(Nc2[nH]n(-c3c(Cl)cc(Cl)cc3Cl)c(=O)c2C(c2ccccc2Cl)c2c(Nc3cc(NC(=O)CCCCCCCCCCCCC)ccc3Cl)[nH]n(-c3c(Cl)cc(Cl)cc3Cl)c2=O)c1. The number of nitrogens with one attached hydrogen (secondary N) is 6. The van der Waals surface area contributed by atoms with Crippen LogP contribution in [0.5, 0.6) is 0 Å². The molecule has 7 aromatic rings. The van der Waals surface area contributed by atoms with E-state index in [4.69, 9.17) is 104 Å². The molecule has 6 N–H and O–H groups in total. The van der Waals surface area contributed by atoms with Crippen molar-refractivity contribution < 1.29 is 9.59 Å².